The molecule has 0 unspecified atom stereocenters. The molecule has 3 aromatic rings. The van der Waals surface area contributed by atoms with E-state index in [1.807, 2.05) is 25.2 Å². The fraction of sp³-hybridized carbons (Fsp3) is 0.250. The zero-order valence-electron chi connectivity index (χ0n) is 13.6. The molecule has 1 saturated carbocycles. The van der Waals surface area contributed by atoms with Crippen LogP contribution in [0.1, 0.15) is 30.9 Å². The molecular weight excluding hydrogens is 298 g/mol. The van der Waals surface area contributed by atoms with Crippen molar-refractivity contribution in [1.29, 1.82) is 5.26 Å². The summed E-state index contributed by atoms with van der Waals surface area (Å²) in [4.78, 5) is 0. The van der Waals surface area contributed by atoms with Gasteiger partial charge in [-0.2, -0.15) is 5.26 Å². The number of fused-ring (bicyclic) bond motifs is 1. The highest BCUT2D eigenvalue weighted by molar-refractivity contribution is 5.95. The van der Waals surface area contributed by atoms with E-state index in [1.165, 1.54) is 6.42 Å². The van der Waals surface area contributed by atoms with Crippen molar-refractivity contribution in [2.75, 3.05) is 12.4 Å². The SMILES string of the molecule is CNc1ccc(-c2c(C#N)c3ccc(O)cc3n2C2CCC2)cc1. The van der Waals surface area contributed by atoms with Crippen molar-refractivity contribution in [3.8, 4) is 23.1 Å². The number of nitrogens with zero attached hydrogens (tertiary/aromatic N) is 2. The molecule has 120 valence electrons. The topological polar surface area (TPSA) is 61.0 Å². The van der Waals surface area contributed by atoms with E-state index in [0.29, 0.717) is 11.6 Å². The van der Waals surface area contributed by atoms with Crippen LogP contribution in [0.3, 0.4) is 0 Å². The number of nitrogens with one attached hydrogen (secondary N) is 1. The van der Waals surface area contributed by atoms with Crippen LogP contribution < -0.4 is 5.32 Å². The van der Waals surface area contributed by atoms with Crippen LogP contribution in [0.25, 0.3) is 22.2 Å². The Labute approximate surface area is 141 Å². The van der Waals surface area contributed by atoms with Crippen LogP contribution in [0.15, 0.2) is 42.5 Å². The zero-order valence-corrected chi connectivity index (χ0v) is 13.6. The molecule has 1 fully saturated rings. The van der Waals surface area contributed by atoms with Crippen molar-refractivity contribution in [2.24, 2.45) is 0 Å². The van der Waals surface area contributed by atoms with Gasteiger partial charge in [-0.1, -0.05) is 12.1 Å². The average molecular weight is 317 g/mol. The lowest BCUT2D eigenvalue weighted by molar-refractivity contribution is 0.324. The Morgan fingerprint density at radius 3 is 2.50 bits per heavy atom. The predicted molar refractivity (Wildman–Crippen MR) is 96.2 cm³/mol. The molecule has 2 N–H and O–H groups in total. The Kier molecular flexibility index (Phi) is 3.42. The van der Waals surface area contributed by atoms with Gasteiger partial charge >= 0.3 is 0 Å². The molecule has 2 aromatic carbocycles. The molecule has 0 amide bonds. The van der Waals surface area contributed by atoms with Crippen LogP contribution in [0, 0.1) is 11.3 Å². The van der Waals surface area contributed by atoms with E-state index in [9.17, 15) is 10.4 Å². The summed E-state index contributed by atoms with van der Waals surface area (Å²) in [6.45, 7) is 0. The van der Waals surface area contributed by atoms with Crippen LogP contribution in [0.5, 0.6) is 5.75 Å². The number of hydrogen-bond acceptors (Lipinski definition) is 3. The molecule has 0 saturated heterocycles. The first-order valence-electron chi connectivity index (χ1n) is 8.28. The van der Waals surface area contributed by atoms with Crippen LogP contribution in [-0.4, -0.2) is 16.7 Å². The molecule has 1 aromatic heterocycles. The second-order valence-corrected chi connectivity index (χ2v) is 6.32. The summed E-state index contributed by atoms with van der Waals surface area (Å²) >= 11 is 0. The summed E-state index contributed by atoms with van der Waals surface area (Å²) in [7, 11) is 1.89. The minimum Gasteiger partial charge on any atom is -0.508 e. The molecule has 24 heavy (non-hydrogen) atoms. The van der Waals surface area contributed by atoms with E-state index in [1.54, 1.807) is 12.1 Å². The highest BCUT2D eigenvalue weighted by atomic mass is 16.3. The lowest BCUT2D eigenvalue weighted by Gasteiger charge is -2.30. The van der Waals surface area contributed by atoms with Gasteiger partial charge in [0.15, 0.2) is 0 Å². The van der Waals surface area contributed by atoms with E-state index in [-0.39, 0.29) is 5.75 Å². The fourth-order valence-corrected chi connectivity index (χ4v) is 3.51. The zero-order chi connectivity index (χ0) is 16.7. The third-order valence-corrected chi connectivity index (χ3v) is 4.99. The van der Waals surface area contributed by atoms with Gasteiger partial charge in [0.2, 0.25) is 0 Å². The first-order valence-corrected chi connectivity index (χ1v) is 8.28. The first-order chi connectivity index (χ1) is 11.7. The maximum absolute atomic E-state index is 9.93. The van der Waals surface area contributed by atoms with Crippen molar-refractivity contribution >= 4 is 16.6 Å². The Bertz CT molecular complexity index is 944. The van der Waals surface area contributed by atoms with Gasteiger partial charge in [-0.05, 0) is 49.1 Å². The second kappa shape index (κ2) is 5.61. The molecule has 0 radical (unpaired) electrons. The van der Waals surface area contributed by atoms with Crippen LogP contribution in [0.4, 0.5) is 5.69 Å². The molecule has 0 spiro atoms. The van der Waals surface area contributed by atoms with Gasteiger partial charge in [0.25, 0.3) is 0 Å². The number of hydrogen-bond donors (Lipinski definition) is 2. The number of phenolic OH excluding ortho intramolecular Hbond substituents is 1. The Morgan fingerprint density at radius 1 is 1.17 bits per heavy atom. The largest absolute Gasteiger partial charge is 0.508 e. The Hall–Kier alpha value is -2.93. The van der Waals surface area contributed by atoms with Gasteiger partial charge in [0.05, 0.1) is 16.8 Å². The summed E-state index contributed by atoms with van der Waals surface area (Å²) in [5, 5.41) is 23.8. The number of aromatic hydroxyl groups is 1. The number of aromatic nitrogens is 1. The van der Waals surface area contributed by atoms with Crippen molar-refractivity contribution in [3.05, 3.63) is 48.0 Å². The number of anilines is 1. The fourth-order valence-electron chi connectivity index (χ4n) is 3.51. The molecule has 0 atom stereocenters. The van der Waals surface area contributed by atoms with E-state index in [2.05, 4.69) is 28.1 Å². The van der Waals surface area contributed by atoms with Crippen molar-refractivity contribution in [2.45, 2.75) is 25.3 Å². The number of benzene rings is 2. The van der Waals surface area contributed by atoms with E-state index < -0.39 is 0 Å². The van der Waals surface area contributed by atoms with Gasteiger partial charge in [-0.25, -0.2) is 0 Å². The van der Waals surface area contributed by atoms with Crippen LogP contribution >= 0.6 is 0 Å². The summed E-state index contributed by atoms with van der Waals surface area (Å²) in [6.07, 6.45) is 3.45. The summed E-state index contributed by atoms with van der Waals surface area (Å²) in [5.74, 6) is 0.238. The summed E-state index contributed by atoms with van der Waals surface area (Å²) in [6, 6.07) is 16.2. The second-order valence-electron chi connectivity index (χ2n) is 6.32. The third kappa shape index (κ3) is 2.13. The molecule has 0 aliphatic heterocycles. The van der Waals surface area contributed by atoms with Crippen molar-refractivity contribution in [1.82, 2.24) is 4.57 Å². The van der Waals surface area contributed by atoms with Crippen molar-refractivity contribution in [3.63, 3.8) is 0 Å². The van der Waals surface area contributed by atoms with Crippen LogP contribution in [0.2, 0.25) is 0 Å². The molecule has 1 aliphatic rings. The predicted octanol–water partition coefficient (Wildman–Crippen LogP) is 4.65. The number of phenols is 1. The van der Waals surface area contributed by atoms with E-state index >= 15 is 0 Å². The normalized spacial score (nSPS) is 14.3. The van der Waals surface area contributed by atoms with E-state index in [0.717, 1.165) is 40.7 Å². The smallest absolute Gasteiger partial charge is 0.117 e. The first kappa shape index (κ1) is 14.6. The highest BCUT2D eigenvalue weighted by Gasteiger charge is 2.27. The lowest BCUT2D eigenvalue weighted by Crippen LogP contribution is -2.17. The van der Waals surface area contributed by atoms with Crippen molar-refractivity contribution < 1.29 is 5.11 Å². The summed E-state index contributed by atoms with van der Waals surface area (Å²) in [5.41, 5.74) is 4.68. The van der Waals surface area contributed by atoms with Gasteiger partial charge in [0.1, 0.15) is 11.8 Å². The van der Waals surface area contributed by atoms with Gasteiger partial charge in [0, 0.05) is 30.2 Å². The average Bonchev–Trinajstić information content (AvgIpc) is 2.87. The van der Waals surface area contributed by atoms with Gasteiger partial charge in [-0.15, -0.1) is 0 Å². The highest BCUT2D eigenvalue weighted by Crippen LogP contribution is 2.43. The Morgan fingerprint density at radius 2 is 1.92 bits per heavy atom. The van der Waals surface area contributed by atoms with Gasteiger partial charge < -0.3 is 15.0 Å². The third-order valence-electron chi connectivity index (χ3n) is 4.99. The maximum Gasteiger partial charge on any atom is 0.117 e. The standard InChI is InChI=1S/C20H19N3O/c1-22-14-7-5-13(6-8-14)20-18(12-21)17-10-9-16(24)11-19(17)23(20)15-3-2-4-15/h5-11,15,22,24H,2-4H2,1H3. The molecule has 4 heteroatoms. The molecule has 4 nitrogen and oxygen atoms in total. The number of nitriles is 1. The minimum absolute atomic E-state index is 0.238. The number of rotatable bonds is 3. The Balaban J connectivity index is 2.03. The lowest BCUT2D eigenvalue weighted by atomic mass is 9.92. The molecular formula is C20H19N3O. The quantitative estimate of drug-likeness (QED) is 0.739. The van der Waals surface area contributed by atoms with Crippen LogP contribution in [-0.2, 0) is 0 Å². The molecule has 1 aliphatic carbocycles. The molecule has 1 heterocycles. The monoisotopic (exact) mass is 317 g/mol. The molecule has 0 bridgehead atoms. The minimum atomic E-state index is 0.238. The summed E-state index contributed by atoms with van der Waals surface area (Å²) < 4.78 is 2.26. The van der Waals surface area contributed by atoms with Gasteiger partial charge in [-0.3, -0.25) is 0 Å². The maximum atomic E-state index is 9.93. The molecule has 4 rings (SSSR count). The van der Waals surface area contributed by atoms with E-state index in [4.69, 9.17) is 0 Å².